The highest BCUT2D eigenvalue weighted by Gasteiger charge is 2.10. The number of hydrogen-bond acceptors (Lipinski definition) is 5. The second-order valence-electron chi connectivity index (χ2n) is 4.65. The van der Waals surface area contributed by atoms with Crippen LogP contribution >= 0.6 is 11.3 Å². The summed E-state index contributed by atoms with van der Waals surface area (Å²) in [4.78, 5) is 26.4. The summed E-state index contributed by atoms with van der Waals surface area (Å²) in [6, 6.07) is 6.35. The summed E-state index contributed by atoms with van der Waals surface area (Å²) in [5, 5.41) is 17.0. The van der Waals surface area contributed by atoms with Crippen LogP contribution in [0.5, 0.6) is 0 Å². The first-order valence-corrected chi connectivity index (χ1v) is 7.40. The predicted molar refractivity (Wildman–Crippen MR) is 82.6 cm³/mol. The van der Waals surface area contributed by atoms with Gasteiger partial charge in [-0.3, -0.25) is 14.9 Å². The average Bonchev–Trinajstić information content (AvgIpc) is 3.14. The molecule has 22 heavy (non-hydrogen) atoms. The number of nitrogens with zero attached hydrogens (tertiary/aromatic N) is 3. The third-order valence-corrected chi connectivity index (χ3v) is 3.98. The third-order valence-electron chi connectivity index (χ3n) is 3.20. The first-order chi connectivity index (χ1) is 10.6. The largest absolute Gasteiger partial charge is 0.348 e. The van der Waals surface area contributed by atoms with Crippen LogP contribution in [0.2, 0.25) is 0 Å². The zero-order valence-electron chi connectivity index (χ0n) is 11.4. The molecule has 7 nitrogen and oxygen atoms in total. The molecule has 1 amide bonds. The molecule has 0 atom stereocenters. The van der Waals surface area contributed by atoms with Crippen molar-refractivity contribution < 1.29 is 9.72 Å². The Kier molecular flexibility index (Phi) is 3.84. The van der Waals surface area contributed by atoms with Gasteiger partial charge in [0.15, 0.2) is 0 Å². The topological polar surface area (TPSA) is 90.1 Å². The number of nitrogens with one attached hydrogen (secondary N) is 1. The zero-order valence-corrected chi connectivity index (χ0v) is 12.2. The highest BCUT2D eigenvalue weighted by atomic mass is 32.1. The van der Waals surface area contributed by atoms with Crippen molar-refractivity contribution in [3.05, 3.63) is 57.2 Å². The fourth-order valence-electron chi connectivity index (χ4n) is 2.16. The van der Waals surface area contributed by atoms with Gasteiger partial charge in [-0.2, -0.15) is 0 Å². The van der Waals surface area contributed by atoms with Crippen LogP contribution in [0.1, 0.15) is 5.01 Å². The van der Waals surface area contributed by atoms with Crippen molar-refractivity contribution in [2.24, 2.45) is 0 Å². The maximum Gasteiger partial charge on any atom is 0.270 e. The first-order valence-electron chi connectivity index (χ1n) is 6.52. The molecular weight excluding hydrogens is 304 g/mol. The van der Waals surface area contributed by atoms with Gasteiger partial charge in [-0.05, 0) is 12.1 Å². The Hall–Kier alpha value is -2.74. The lowest BCUT2D eigenvalue weighted by molar-refractivity contribution is -0.384. The van der Waals surface area contributed by atoms with Crippen LogP contribution in [-0.4, -0.2) is 20.4 Å². The highest BCUT2D eigenvalue weighted by molar-refractivity contribution is 7.09. The van der Waals surface area contributed by atoms with E-state index in [1.807, 2.05) is 5.38 Å². The van der Waals surface area contributed by atoms with Gasteiger partial charge in [-0.15, -0.1) is 11.3 Å². The number of nitro groups is 1. The second-order valence-corrected chi connectivity index (χ2v) is 5.63. The molecule has 1 N–H and O–H groups in total. The molecule has 8 heteroatoms. The molecule has 0 aliphatic rings. The summed E-state index contributed by atoms with van der Waals surface area (Å²) in [6.45, 7) is 0.563. The number of amides is 1. The Balaban J connectivity index is 1.71. The van der Waals surface area contributed by atoms with Crippen LogP contribution in [0.25, 0.3) is 10.9 Å². The summed E-state index contributed by atoms with van der Waals surface area (Å²) >= 11 is 1.48. The standard InChI is InChI=1S/C14H12N4O3S/c19-13(16-8-14-15-4-6-22-14)9-17-5-3-10-7-11(18(20)21)1-2-12(10)17/h1-7H,8-9H2,(H,16,19). The van der Waals surface area contributed by atoms with Crippen molar-refractivity contribution in [3.63, 3.8) is 0 Å². The predicted octanol–water partition coefficient (Wildman–Crippen LogP) is 2.32. The van der Waals surface area contributed by atoms with Crippen LogP contribution < -0.4 is 5.32 Å². The van der Waals surface area contributed by atoms with Crippen molar-refractivity contribution in [2.45, 2.75) is 13.1 Å². The maximum atomic E-state index is 12.0. The molecule has 3 aromatic rings. The number of carbonyl (C=O) groups is 1. The van der Waals surface area contributed by atoms with E-state index >= 15 is 0 Å². The monoisotopic (exact) mass is 316 g/mol. The summed E-state index contributed by atoms with van der Waals surface area (Å²) in [6.07, 6.45) is 3.44. The Morgan fingerprint density at radius 3 is 3.00 bits per heavy atom. The van der Waals surface area contributed by atoms with E-state index in [1.54, 1.807) is 29.1 Å². The smallest absolute Gasteiger partial charge is 0.270 e. The average molecular weight is 316 g/mol. The first kappa shape index (κ1) is 14.2. The van der Waals surface area contributed by atoms with Crippen LogP contribution in [0.15, 0.2) is 42.0 Å². The number of benzene rings is 1. The maximum absolute atomic E-state index is 12.0. The number of aromatic nitrogens is 2. The molecule has 1 aromatic carbocycles. The van der Waals surface area contributed by atoms with E-state index in [9.17, 15) is 14.9 Å². The fourth-order valence-corrected chi connectivity index (χ4v) is 2.72. The van der Waals surface area contributed by atoms with E-state index in [4.69, 9.17) is 0 Å². The lowest BCUT2D eigenvalue weighted by Gasteiger charge is -2.06. The van der Waals surface area contributed by atoms with Gasteiger partial charge >= 0.3 is 0 Å². The molecule has 0 radical (unpaired) electrons. The quantitative estimate of drug-likeness (QED) is 0.578. The van der Waals surface area contributed by atoms with Gasteiger partial charge in [0.05, 0.1) is 11.5 Å². The number of nitro benzene ring substituents is 1. The third kappa shape index (κ3) is 2.96. The lowest BCUT2D eigenvalue weighted by atomic mass is 10.2. The Labute approximate surface area is 129 Å². The van der Waals surface area contributed by atoms with Crippen molar-refractivity contribution in [2.75, 3.05) is 0 Å². The van der Waals surface area contributed by atoms with Gasteiger partial charge in [0.2, 0.25) is 5.91 Å². The highest BCUT2D eigenvalue weighted by Crippen LogP contribution is 2.21. The van der Waals surface area contributed by atoms with Gasteiger partial charge < -0.3 is 9.88 Å². The Bertz CT molecular complexity index is 826. The molecule has 0 unspecified atom stereocenters. The van der Waals surface area contributed by atoms with Gasteiger partial charge in [0.1, 0.15) is 11.6 Å². The minimum Gasteiger partial charge on any atom is -0.348 e. The summed E-state index contributed by atoms with van der Waals surface area (Å²) in [5.74, 6) is -0.133. The summed E-state index contributed by atoms with van der Waals surface area (Å²) < 4.78 is 1.76. The molecule has 0 bridgehead atoms. The molecule has 2 heterocycles. The minimum absolute atomic E-state index is 0.0403. The van der Waals surface area contributed by atoms with E-state index < -0.39 is 4.92 Å². The minimum atomic E-state index is -0.433. The number of carbonyl (C=O) groups excluding carboxylic acids is 1. The van der Waals surface area contributed by atoms with Gasteiger partial charge in [-0.25, -0.2) is 4.98 Å². The molecule has 0 fully saturated rings. The van der Waals surface area contributed by atoms with Crippen LogP contribution in [0.4, 0.5) is 5.69 Å². The number of rotatable bonds is 5. The zero-order chi connectivity index (χ0) is 15.5. The Morgan fingerprint density at radius 1 is 1.41 bits per heavy atom. The van der Waals surface area contributed by atoms with Crippen LogP contribution in [0.3, 0.4) is 0 Å². The molecular formula is C14H12N4O3S. The molecule has 112 valence electrons. The second kappa shape index (κ2) is 5.94. The van der Waals surface area contributed by atoms with E-state index in [1.165, 1.54) is 23.5 Å². The van der Waals surface area contributed by atoms with Crippen molar-refractivity contribution in [3.8, 4) is 0 Å². The van der Waals surface area contributed by atoms with Crippen molar-refractivity contribution >= 4 is 33.8 Å². The van der Waals surface area contributed by atoms with E-state index in [0.29, 0.717) is 6.54 Å². The Morgan fingerprint density at radius 2 is 2.27 bits per heavy atom. The SMILES string of the molecule is O=C(Cn1ccc2cc([N+](=O)[O-])ccc21)NCc1nccs1. The van der Waals surface area contributed by atoms with Crippen LogP contribution in [0, 0.1) is 10.1 Å². The normalized spacial score (nSPS) is 10.7. The molecule has 0 saturated carbocycles. The van der Waals surface area contributed by atoms with Gasteiger partial charge in [-0.1, -0.05) is 0 Å². The number of fused-ring (bicyclic) bond motifs is 1. The van der Waals surface area contributed by atoms with Crippen molar-refractivity contribution in [1.29, 1.82) is 0 Å². The summed E-state index contributed by atoms with van der Waals surface area (Å²) in [7, 11) is 0. The number of thiazole rings is 1. The van der Waals surface area contributed by atoms with Crippen LogP contribution in [-0.2, 0) is 17.9 Å². The molecule has 0 aliphatic carbocycles. The van der Waals surface area contributed by atoms with Gasteiger partial charge in [0, 0.05) is 40.8 Å². The van der Waals surface area contributed by atoms with E-state index in [-0.39, 0.29) is 18.1 Å². The van der Waals surface area contributed by atoms with E-state index in [2.05, 4.69) is 10.3 Å². The molecule has 0 saturated heterocycles. The van der Waals surface area contributed by atoms with Gasteiger partial charge in [0.25, 0.3) is 5.69 Å². The molecule has 3 rings (SSSR count). The van der Waals surface area contributed by atoms with Crippen molar-refractivity contribution in [1.82, 2.24) is 14.9 Å². The lowest BCUT2D eigenvalue weighted by Crippen LogP contribution is -2.26. The number of hydrogen-bond donors (Lipinski definition) is 1. The number of non-ortho nitro benzene ring substituents is 1. The molecule has 0 spiro atoms. The molecule has 0 aliphatic heterocycles. The fraction of sp³-hybridized carbons (Fsp3) is 0.143. The van der Waals surface area contributed by atoms with E-state index in [0.717, 1.165) is 15.9 Å². The summed E-state index contributed by atoms with van der Waals surface area (Å²) in [5.41, 5.74) is 0.827. The molecule has 2 aromatic heterocycles.